The molecular formula is C19H32N4O. The Hall–Kier alpha value is -1.36. The van der Waals surface area contributed by atoms with E-state index in [0.29, 0.717) is 23.6 Å². The molecule has 5 heteroatoms. The molecule has 1 atom stereocenters. The van der Waals surface area contributed by atoms with Crippen LogP contribution in [-0.2, 0) is 0 Å². The van der Waals surface area contributed by atoms with Crippen molar-refractivity contribution in [2.45, 2.75) is 58.9 Å². The molecule has 2 aliphatic rings. The SMILES string of the molecule is CC(C)c1cc(C(=O)N2CCCN(CC3CC3)C(C(C)C)C2)n[nH]1. The van der Waals surface area contributed by atoms with Gasteiger partial charge >= 0.3 is 0 Å². The summed E-state index contributed by atoms with van der Waals surface area (Å²) in [6.07, 6.45) is 3.83. The first-order valence-corrected chi connectivity index (χ1v) is 9.54. The predicted molar refractivity (Wildman–Crippen MR) is 96.1 cm³/mol. The lowest BCUT2D eigenvalue weighted by molar-refractivity contribution is 0.0698. The van der Waals surface area contributed by atoms with E-state index in [1.807, 2.05) is 11.0 Å². The summed E-state index contributed by atoms with van der Waals surface area (Å²) in [6.45, 7) is 12.8. The van der Waals surface area contributed by atoms with Gasteiger partial charge in [0.15, 0.2) is 0 Å². The Bertz CT molecular complexity index is 561. The Morgan fingerprint density at radius 2 is 2.04 bits per heavy atom. The molecule has 1 amide bonds. The Morgan fingerprint density at radius 3 is 2.62 bits per heavy atom. The van der Waals surface area contributed by atoms with Crippen LogP contribution in [0.1, 0.15) is 69.1 Å². The van der Waals surface area contributed by atoms with Gasteiger partial charge in [0.25, 0.3) is 5.91 Å². The summed E-state index contributed by atoms with van der Waals surface area (Å²) in [5, 5.41) is 7.27. The highest BCUT2D eigenvalue weighted by Gasteiger charge is 2.33. The van der Waals surface area contributed by atoms with E-state index < -0.39 is 0 Å². The van der Waals surface area contributed by atoms with Crippen LogP contribution in [0.4, 0.5) is 0 Å². The van der Waals surface area contributed by atoms with Crippen molar-refractivity contribution in [2.75, 3.05) is 26.2 Å². The van der Waals surface area contributed by atoms with Crippen LogP contribution in [0.3, 0.4) is 0 Å². The molecule has 1 aromatic rings. The van der Waals surface area contributed by atoms with Gasteiger partial charge in [-0.1, -0.05) is 27.7 Å². The van der Waals surface area contributed by atoms with Gasteiger partial charge in [-0.15, -0.1) is 0 Å². The highest BCUT2D eigenvalue weighted by atomic mass is 16.2. The summed E-state index contributed by atoms with van der Waals surface area (Å²) in [5.74, 6) is 1.90. The number of aromatic nitrogens is 2. The summed E-state index contributed by atoms with van der Waals surface area (Å²) >= 11 is 0. The zero-order valence-corrected chi connectivity index (χ0v) is 15.6. The lowest BCUT2D eigenvalue weighted by atomic mass is 10.0. The summed E-state index contributed by atoms with van der Waals surface area (Å²) in [6, 6.07) is 2.38. The van der Waals surface area contributed by atoms with E-state index in [4.69, 9.17) is 0 Å². The second-order valence-corrected chi connectivity index (χ2v) is 8.22. The van der Waals surface area contributed by atoms with Crippen LogP contribution >= 0.6 is 0 Å². The van der Waals surface area contributed by atoms with Crippen molar-refractivity contribution in [2.24, 2.45) is 11.8 Å². The van der Waals surface area contributed by atoms with Gasteiger partial charge in [0.05, 0.1) is 0 Å². The second kappa shape index (κ2) is 7.26. The minimum absolute atomic E-state index is 0.0806. The predicted octanol–water partition coefficient (Wildman–Crippen LogP) is 3.12. The Labute approximate surface area is 145 Å². The van der Waals surface area contributed by atoms with E-state index in [0.717, 1.165) is 37.7 Å². The van der Waals surface area contributed by atoms with Crippen LogP contribution in [0.2, 0.25) is 0 Å². The van der Waals surface area contributed by atoms with Gasteiger partial charge in [-0.05, 0) is 43.1 Å². The molecule has 0 bridgehead atoms. The number of nitrogens with one attached hydrogen (secondary N) is 1. The average molecular weight is 332 g/mol. The van der Waals surface area contributed by atoms with Gasteiger partial charge in [-0.3, -0.25) is 14.8 Å². The summed E-state index contributed by atoms with van der Waals surface area (Å²) in [5.41, 5.74) is 1.60. The monoisotopic (exact) mass is 332 g/mol. The fraction of sp³-hybridized carbons (Fsp3) is 0.789. The number of H-pyrrole nitrogens is 1. The fourth-order valence-corrected chi connectivity index (χ4v) is 3.64. The van der Waals surface area contributed by atoms with E-state index in [-0.39, 0.29) is 5.91 Å². The topological polar surface area (TPSA) is 52.2 Å². The lowest BCUT2D eigenvalue weighted by Gasteiger charge is -2.34. The van der Waals surface area contributed by atoms with E-state index in [9.17, 15) is 4.79 Å². The highest BCUT2D eigenvalue weighted by molar-refractivity contribution is 5.92. The van der Waals surface area contributed by atoms with Crippen molar-refractivity contribution in [3.8, 4) is 0 Å². The number of carbonyl (C=O) groups is 1. The van der Waals surface area contributed by atoms with Crippen LogP contribution in [0.25, 0.3) is 0 Å². The molecule has 2 fully saturated rings. The molecular weight excluding hydrogens is 300 g/mol. The van der Waals surface area contributed by atoms with Gasteiger partial charge in [0.1, 0.15) is 5.69 Å². The Kier molecular flexibility index (Phi) is 5.28. The number of amides is 1. The molecule has 0 spiro atoms. The molecule has 1 aliphatic heterocycles. The first-order chi connectivity index (χ1) is 11.5. The van der Waals surface area contributed by atoms with Crippen LogP contribution in [0.5, 0.6) is 0 Å². The van der Waals surface area contributed by atoms with Crippen LogP contribution < -0.4 is 0 Å². The molecule has 1 saturated carbocycles. The van der Waals surface area contributed by atoms with Crippen LogP contribution in [-0.4, -0.2) is 58.1 Å². The third-order valence-corrected chi connectivity index (χ3v) is 5.44. The van der Waals surface area contributed by atoms with Crippen molar-refractivity contribution in [3.63, 3.8) is 0 Å². The highest BCUT2D eigenvalue weighted by Crippen LogP contribution is 2.32. The Morgan fingerprint density at radius 1 is 1.29 bits per heavy atom. The van der Waals surface area contributed by atoms with E-state index in [1.54, 1.807) is 0 Å². The number of carbonyl (C=O) groups excluding carboxylic acids is 1. The van der Waals surface area contributed by atoms with Crippen LogP contribution in [0, 0.1) is 11.8 Å². The lowest BCUT2D eigenvalue weighted by Crippen LogP contribution is -2.46. The number of aromatic amines is 1. The summed E-state index contributed by atoms with van der Waals surface area (Å²) in [7, 11) is 0. The third-order valence-electron chi connectivity index (χ3n) is 5.44. The normalized spacial score (nSPS) is 23.1. The zero-order valence-electron chi connectivity index (χ0n) is 15.6. The van der Waals surface area contributed by atoms with Crippen molar-refractivity contribution in [3.05, 3.63) is 17.5 Å². The minimum Gasteiger partial charge on any atom is -0.336 e. The minimum atomic E-state index is 0.0806. The molecule has 2 heterocycles. The van der Waals surface area contributed by atoms with Gasteiger partial charge < -0.3 is 4.90 Å². The number of rotatable bonds is 5. The molecule has 0 radical (unpaired) electrons. The standard InChI is InChI=1S/C19H32N4O/c1-13(2)16-10-17(21-20-16)19(24)23-9-5-8-22(11-15-6-7-15)18(12-23)14(3)4/h10,13-15,18H,5-9,11-12H2,1-4H3,(H,20,21). The quantitative estimate of drug-likeness (QED) is 0.901. The Balaban J connectivity index is 1.71. The maximum Gasteiger partial charge on any atom is 0.274 e. The number of hydrogen-bond acceptors (Lipinski definition) is 3. The number of hydrogen-bond donors (Lipinski definition) is 1. The van der Waals surface area contributed by atoms with Crippen molar-refractivity contribution in [1.29, 1.82) is 0 Å². The molecule has 1 saturated heterocycles. The first-order valence-electron chi connectivity index (χ1n) is 9.54. The van der Waals surface area contributed by atoms with Gasteiger partial charge in [0, 0.05) is 37.9 Å². The largest absolute Gasteiger partial charge is 0.336 e. The maximum absolute atomic E-state index is 12.9. The molecule has 1 N–H and O–H groups in total. The number of nitrogens with zero attached hydrogens (tertiary/aromatic N) is 3. The van der Waals surface area contributed by atoms with Crippen LogP contribution in [0.15, 0.2) is 6.07 Å². The second-order valence-electron chi connectivity index (χ2n) is 8.22. The van der Waals surface area contributed by atoms with E-state index in [1.165, 1.54) is 19.4 Å². The molecule has 0 aromatic carbocycles. The van der Waals surface area contributed by atoms with E-state index >= 15 is 0 Å². The molecule has 134 valence electrons. The zero-order chi connectivity index (χ0) is 17.3. The molecule has 5 nitrogen and oxygen atoms in total. The maximum atomic E-state index is 12.9. The first kappa shape index (κ1) is 17.5. The van der Waals surface area contributed by atoms with E-state index in [2.05, 4.69) is 42.8 Å². The molecule has 3 rings (SSSR count). The average Bonchev–Trinajstić information content (AvgIpc) is 3.25. The fourth-order valence-electron chi connectivity index (χ4n) is 3.64. The van der Waals surface area contributed by atoms with Gasteiger partial charge in [0.2, 0.25) is 0 Å². The van der Waals surface area contributed by atoms with Gasteiger partial charge in [-0.25, -0.2) is 0 Å². The van der Waals surface area contributed by atoms with Crippen molar-refractivity contribution in [1.82, 2.24) is 20.0 Å². The smallest absolute Gasteiger partial charge is 0.274 e. The van der Waals surface area contributed by atoms with Crippen molar-refractivity contribution < 1.29 is 4.79 Å². The molecule has 1 aliphatic carbocycles. The third kappa shape index (κ3) is 4.00. The van der Waals surface area contributed by atoms with Gasteiger partial charge in [-0.2, -0.15) is 5.10 Å². The summed E-state index contributed by atoms with van der Waals surface area (Å²) in [4.78, 5) is 17.6. The summed E-state index contributed by atoms with van der Waals surface area (Å²) < 4.78 is 0. The van der Waals surface area contributed by atoms with Crippen molar-refractivity contribution >= 4 is 5.91 Å². The molecule has 1 aromatic heterocycles. The molecule has 24 heavy (non-hydrogen) atoms. The molecule has 1 unspecified atom stereocenters.